The summed E-state index contributed by atoms with van der Waals surface area (Å²) in [6.07, 6.45) is 2.62. The molecule has 0 fully saturated rings. The largest absolute Gasteiger partial charge is 0.409 e. The lowest BCUT2D eigenvalue weighted by Gasteiger charge is -2.07. The molecule has 0 saturated carbocycles. The average molecular weight is 207 g/mol. The minimum absolute atomic E-state index is 0.314. The van der Waals surface area contributed by atoms with Crippen LogP contribution in [0.3, 0.4) is 0 Å². The second-order valence-electron chi connectivity index (χ2n) is 1.88. The van der Waals surface area contributed by atoms with Crippen LogP contribution >= 0.6 is 6.64 Å². The molecule has 8 heteroatoms. The maximum Gasteiger partial charge on any atom is 0.311 e. The van der Waals surface area contributed by atoms with E-state index in [-0.39, 0.29) is 5.88 Å². The van der Waals surface area contributed by atoms with Crippen molar-refractivity contribution >= 4 is 18.4 Å². The molecule has 0 aliphatic heterocycles. The van der Waals surface area contributed by atoms with Gasteiger partial charge in [0.15, 0.2) is 0 Å². The van der Waals surface area contributed by atoms with Gasteiger partial charge < -0.3 is 14.4 Å². The molecule has 1 atom stereocenters. The highest BCUT2D eigenvalue weighted by Crippen LogP contribution is 2.30. The Morgan fingerprint density at radius 2 is 2.50 bits per heavy atom. The standard InChI is InChI=1S/C4H6N3O3PS/c5-11(9,12)10-4-3(8)6-1-2-7-4/h1-2H,(H,6,8)(H3,5,9,12). The second kappa shape index (κ2) is 3.32. The van der Waals surface area contributed by atoms with E-state index in [4.69, 9.17) is 10.4 Å². The molecule has 6 nitrogen and oxygen atoms in total. The summed E-state index contributed by atoms with van der Waals surface area (Å²) in [4.78, 5) is 25.5. The van der Waals surface area contributed by atoms with Crippen LogP contribution in [0.4, 0.5) is 0 Å². The zero-order chi connectivity index (χ0) is 9.19. The lowest BCUT2D eigenvalue weighted by atomic mass is 10.7. The molecule has 0 spiro atoms. The number of nitrogens with one attached hydrogen (secondary N) is 1. The Balaban J connectivity index is 2.99. The fourth-order valence-electron chi connectivity index (χ4n) is 0.527. The lowest BCUT2D eigenvalue weighted by Crippen LogP contribution is -2.12. The molecule has 4 N–H and O–H groups in total. The van der Waals surface area contributed by atoms with Gasteiger partial charge in [-0.25, -0.2) is 10.5 Å². The van der Waals surface area contributed by atoms with Crippen molar-refractivity contribution in [2.75, 3.05) is 0 Å². The second-order valence-corrected chi connectivity index (χ2v) is 4.76. The molecule has 1 rings (SSSR count). The first-order valence-corrected chi connectivity index (χ1v) is 5.58. The molecule has 0 amide bonds. The van der Waals surface area contributed by atoms with Crippen LogP contribution in [0, 0.1) is 0 Å². The number of rotatable bonds is 2. The first kappa shape index (κ1) is 9.34. The fraction of sp³-hybridized carbons (Fsp3) is 0. The van der Waals surface area contributed by atoms with E-state index in [0.29, 0.717) is 0 Å². The molecule has 0 saturated heterocycles. The monoisotopic (exact) mass is 207 g/mol. The molecule has 0 radical (unpaired) electrons. The van der Waals surface area contributed by atoms with E-state index >= 15 is 0 Å². The Morgan fingerprint density at radius 3 is 3.00 bits per heavy atom. The van der Waals surface area contributed by atoms with Gasteiger partial charge in [-0.1, -0.05) is 0 Å². The SMILES string of the molecule is NP(O)(=S)Oc1ncc[nH]c1=O. The maximum atomic E-state index is 10.9. The Kier molecular flexibility index (Phi) is 2.58. The molecule has 1 aromatic rings. The number of hydrogen-bond donors (Lipinski definition) is 3. The van der Waals surface area contributed by atoms with Crippen molar-refractivity contribution in [2.24, 2.45) is 5.50 Å². The third-order valence-corrected chi connectivity index (χ3v) is 1.55. The Bertz CT molecular complexity index is 372. The molecule has 0 aliphatic carbocycles. The number of hydrogen-bond acceptors (Lipinski definition) is 4. The summed E-state index contributed by atoms with van der Waals surface area (Å²) in [6, 6.07) is 0. The Labute approximate surface area is 72.6 Å². The highest BCUT2D eigenvalue weighted by Gasteiger charge is 2.11. The van der Waals surface area contributed by atoms with Crippen LogP contribution in [-0.2, 0) is 11.8 Å². The number of aromatic nitrogens is 2. The smallest absolute Gasteiger partial charge is 0.311 e. The van der Waals surface area contributed by atoms with E-state index in [0.717, 1.165) is 0 Å². The summed E-state index contributed by atoms with van der Waals surface area (Å²) in [5.41, 5.74) is 4.43. The van der Waals surface area contributed by atoms with E-state index in [9.17, 15) is 4.79 Å². The third-order valence-electron chi connectivity index (χ3n) is 0.892. The number of H-pyrrole nitrogens is 1. The molecule has 0 bridgehead atoms. The number of aromatic amines is 1. The van der Waals surface area contributed by atoms with Gasteiger partial charge in [-0.2, -0.15) is 0 Å². The summed E-state index contributed by atoms with van der Waals surface area (Å²) in [5, 5.41) is 0. The molecule has 0 aromatic carbocycles. The minimum atomic E-state index is -3.36. The van der Waals surface area contributed by atoms with Crippen LogP contribution < -0.4 is 15.6 Å². The molecular weight excluding hydrogens is 201 g/mol. The van der Waals surface area contributed by atoms with Crippen molar-refractivity contribution in [1.82, 2.24) is 9.97 Å². The molecule has 66 valence electrons. The Morgan fingerprint density at radius 1 is 1.83 bits per heavy atom. The van der Waals surface area contributed by atoms with Crippen molar-refractivity contribution < 1.29 is 9.42 Å². The fourth-order valence-corrected chi connectivity index (χ4v) is 1.12. The van der Waals surface area contributed by atoms with Crippen LogP contribution in [0.1, 0.15) is 0 Å². The van der Waals surface area contributed by atoms with E-state index in [1.165, 1.54) is 12.4 Å². The van der Waals surface area contributed by atoms with Crippen molar-refractivity contribution in [3.8, 4) is 5.88 Å². The van der Waals surface area contributed by atoms with Gasteiger partial charge in [0.25, 0.3) is 5.88 Å². The molecule has 12 heavy (non-hydrogen) atoms. The molecular formula is C4H6N3O3PS. The van der Waals surface area contributed by atoms with Crippen molar-refractivity contribution in [3.05, 3.63) is 22.7 Å². The van der Waals surface area contributed by atoms with E-state index < -0.39 is 12.2 Å². The zero-order valence-corrected chi connectivity index (χ0v) is 7.51. The van der Waals surface area contributed by atoms with Gasteiger partial charge in [0.05, 0.1) is 0 Å². The summed E-state index contributed by atoms with van der Waals surface area (Å²) in [5.74, 6) is -0.314. The molecule has 1 unspecified atom stereocenters. The van der Waals surface area contributed by atoms with Crippen LogP contribution in [0.25, 0.3) is 0 Å². The van der Waals surface area contributed by atoms with Gasteiger partial charge in [0.1, 0.15) is 0 Å². The lowest BCUT2D eigenvalue weighted by molar-refractivity contribution is 0.467. The van der Waals surface area contributed by atoms with Gasteiger partial charge in [-0.05, 0) is 11.8 Å². The summed E-state index contributed by atoms with van der Waals surface area (Å²) >= 11 is 4.36. The van der Waals surface area contributed by atoms with Crippen LogP contribution in [-0.4, -0.2) is 14.9 Å². The van der Waals surface area contributed by atoms with E-state index in [2.05, 4.69) is 26.3 Å². The molecule has 1 aromatic heterocycles. The van der Waals surface area contributed by atoms with Crippen LogP contribution in [0.2, 0.25) is 0 Å². The van der Waals surface area contributed by atoms with Gasteiger partial charge in [0, 0.05) is 12.4 Å². The first-order valence-electron chi connectivity index (χ1n) is 2.84. The highest BCUT2D eigenvalue weighted by atomic mass is 32.5. The van der Waals surface area contributed by atoms with Crippen LogP contribution in [0.5, 0.6) is 5.88 Å². The third kappa shape index (κ3) is 2.71. The topological polar surface area (TPSA) is 101 Å². The quantitative estimate of drug-likeness (QED) is 0.555. The van der Waals surface area contributed by atoms with Crippen molar-refractivity contribution in [2.45, 2.75) is 0 Å². The average Bonchev–Trinajstić information content (AvgIpc) is 1.91. The van der Waals surface area contributed by atoms with Crippen molar-refractivity contribution in [1.29, 1.82) is 0 Å². The van der Waals surface area contributed by atoms with Gasteiger partial charge >= 0.3 is 12.2 Å². The normalized spacial score (nSPS) is 15.2. The predicted molar refractivity (Wildman–Crippen MR) is 46.2 cm³/mol. The summed E-state index contributed by atoms with van der Waals surface area (Å²) < 4.78 is 4.54. The Hall–Kier alpha value is -0.750. The van der Waals surface area contributed by atoms with Gasteiger partial charge in [0.2, 0.25) is 0 Å². The zero-order valence-electron chi connectivity index (χ0n) is 5.80. The first-order chi connectivity index (χ1) is 5.49. The predicted octanol–water partition coefficient (Wildman–Crippen LogP) is -0.676. The maximum absolute atomic E-state index is 10.9. The van der Waals surface area contributed by atoms with E-state index in [1.54, 1.807) is 0 Å². The summed E-state index contributed by atoms with van der Waals surface area (Å²) in [6.45, 7) is -3.36. The van der Waals surface area contributed by atoms with E-state index in [1.807, 2.05) is 0 Å². The van der Waals surface area contributed by atoms with Crippen molar-refractivity contribution in [3.63, 3.8) is 0 Å². The van der Waals surface area contributed by atoms with Crippen LogP contribution in [0.15, 0.2) is 17.2 Å². The van der Waals surface area contributed by atoms with Gasteiger partial charge in [-0.3, -0.25) is 4.79 Å². The summed E-state index contributed by atoms with van der Waals surface area (Å²) in [7, 11) is 0. The molecule has 1 heterocycles. The van der Waals surface area contributed by atoms with Gasteiger partial charge in [-0.15, -0.1) is 0 Å². The molecule has 0 aliphatic rings. The minimum Gasteiger partial charge on any atom is -0.409 e. The number of nitrogens with zero attached hydrogens (tertiary/aromatic N) is 1. The number of nitrogens with two attached hydrogens (primary N) is 1. The highest BCUT2D eigenvalue weighted by molar-refractivity contribution is 8.08.